The molecule has 0 spiro atoms. The Morgan fingerprint density at radius 1 is 1.08 bits per heavy atom. The fourth-order valence-corrected chi connectivity index (χ4v) is 5.44. The minimum atomic E-state index is -1.48. The average Bonchev–Trinajstić information content (AvgIpc) is 2.58. The van der Waals surface area contributed by atoms with E-state index in [0.717, 1.165) is 11.3 Å². The topological polar surface area (TPSA) is 29.5 Å². The third-order valence-corrected chi connectivity index (χ3v) is 8.45. The Hall–Kier alpha value is -1.49. The van der Waals surface area contributed by atoms with Crippen molar-refractivity contribution in [1.82, 2.24) is 0 Å². The second-order valence-corrected chi connectivity index (χ2v) is 13.2. The van der Waals surface area contributed by atoms with Gasteiger partial charge in [0.15, 0.2) is 0 Å². The van der Waals surface area contributed by atoms with Gasteiger partial charge in [0.05, 0.1) is 21.3 Å². The van der Waals surface area contributed by atoms with Gasteiger partial charge in [-0.1, -0.05) is 73.9 Å². The summed E-state index contributed by atoms with van der Waals surface area (Å²) < 4.78 is 6.75. The SMILES string of the molecule is COc1ccccc1C(O)C/C=C(\Sc1ccccc1)[Si](C)(C)C. The Bertz CT molecular complexity index is 678. The lowest BCUT2D eigenvalue weighted by Gasteiger charge is -2.21. The molecule has 0 bridgehead atoms. The van der Waals surface area contributed by atoms with E-state index in [9.17, 15) is 5.11 Å². The summed E-state index contributed by atoms with van der Waals surface area (Å²) >= 11 is 1.82. The van der Waals surface area contributed by atoms with Crippen molar-refractivity contribution in [3.05, 3.63) is 70.8 Å². The van der Waals surface area contributed by atoms with Gasteiger partial charge in [-0.15, -0.1) is 0 Å². The molecule has 1 atom stereocenters. The summed E-state index contributed by atoms with van der Waals surface area (Å²) in [4.78, 5) is 1.25. The molecule has 4 heteroatoms. The molecule has 0 heterocycles. The highest BCUT2D eigenvalue weighted by Gasteiger charge is 2.21. The molecule has 2 aromatic carbocycles. The second kappa shape index (κ2) is 8.56. The number of aliphatic hydroxyl groups is 1. The third-order valence-electron chi connectivity index (χ3n) is 3.73. The Morgan fingerprint density at radius 3 is 2.33 bits per heavy atom. The van der Waals surface area contributed by atoms with Crippen LogP contribution in [-0.2, 0) is 0 Å². The lowest BCUT2D eigenvalue weighted by Crippen LogP contribution is -2.22. The maximum Gasteiger partial charge on any atom is 0.124 e. The maximum atomic E-state index is 10.6. The molecule has 0 aromatic heterocycles. The van der Waals surface area contributed by atoms with Crippen molar-refractivity contribution in [2.24, 2.45) is 0 Å². The smallest absolute Gasteiger partial charge is 0.124 e. The highest BCUT2D eigenvalue weighted by Crippen LogP contribution is 2.35. The predicted octanol–water partition coefficient (Wildman–Crippen LogP) is 5.67. The van der Waals surface area contributed by atoms with Crippen LogP contribution in [0.4, 0.5) is 0 Å². The molecule has 0 radical (unpaired) electrons. The van der Waals surface area contributed by atoms with Crippen molar-refractivity contribution in [2.75, 3.05) is 7.11 Å². The van der Waals surface area contributed by atoms with Crippen LogP contribution in [0.3, 0.4) is 0 Å². The molecule has 128 valence electrons. The molecule has 0 fully saturated rings. The molecular formula is C20H26O2SSi. The highest BCUT2D eigenvalue weighted by atomic mass is 32.2. The molecule has 2 aromatic rings. The van der Waals surface area contributed by atoms with E-state index < -0.39 is 14.2 Å². The van der Waals surface area contributed by atoms with Crippen molar-refractivity contribution >= 4 is 19.8 Å². The van der Waals surface area contributed by atoms with Gasteiger partial charge in [-0.25, -0.2) is 0 Å². The maximum absolute atomic E-state index is 10.6. The van der Waals surface area contributed by atoms with Crippen molar-refractivity contribution in [3.8, 4) is 5.75 Å². The second-order valence-electron chi connectivity index (χ2n) is 6.73. The quantitative estimate of drug-likeness (QED) is 0.510. The Balaban J connectivity index is 2.18. The van der Waals surface area contributed by atoms with Crippen LogP contribution in [-0.4, -0.2) is 20.3 Å². The Kier molecular flexibility index (Phi) is 6.72. The van der Waals surface area contributed by atoms with E-state index in [0.29, 0.717) is 6.42 Å². The summed E-state index contributed by atoms with van der Waals surface area (Å²) in [7, 11) is 0.162. The summed E-state index contributed by atoms with van der Waals surface area (Å²) in [5.74, 6) is 0.740. The van der Waals surface area contributed by atoms with E-state index in [2.05, 4.69) is 50.0 Å². The zero-order valence-corrected chi connectivity index (χ0v) is 16.6. The van der Waals surface area contributed by atoms with E-state index in [-0.39, 0.29) is 0 Å². The molecule has 24 heavy (non-hydrogen) atoms. The largest absolute Gasteiger partial charge is 0.496 e. The number of aliphatic hydroxyl groups excluding tert-OH is 1. The lowest BCUT2D eigenvalue weighted by atomic mass is 10.1. The van der Waals surface area contributed by atoms with E-state index >= 15 is 0 Å². The molecule has 0 saturated carbocycles. The average molecular weight is 359 g/mol. The molecule has 0 saturated heterocycles. The standard InChI is InChI=1S/C20H26O2SSi/c1-22-19-13-9-8-12-17(19)18(21)14-15-20(24(2,3)4)23-16-10-6-5-7-11-16/h5-13,15,18,21H,14H2,1-4H3/b20-15+. The van der Waals surface area contributed by atoms with Gasteiger partial charge in [-0.05, 0) is 29.1 Å². The summed E-state index contributed by atoms with van der Waals surface area (Å²) in [6.45, 7) is 7.01. The minimum absolute atomic E-state index is 0.552. The molecule has 0 aliphatic heterocycles. The first-order chi connectivity index (χ1) is 11.4. The van der Waals surface area contributed by atoms with Gasteiger partial charge in [-0.2, -0.15) is 0 Å². The number of hydrogen-bond donors (Lipinski definition) is 1. The van der Waals surface area contributed by atoms with Gasteiger partial charge in [0, 0.05) is 10.5 Å². The predicted molar refractivity (Wildman–Crippen MR) is 106 cm³/mol. The van der Waals surface area contributed by atoms with Gasteiger partial charge in [0.1, 0.15) is 5.75 Å². The molecule has 0 aliphatic carbocycles. The normalized spacial score (nSPS) is 13.6. The van der Waals surface area contributed by atoms with Crippen LogP contribution in [0.1, 0.15) is 18.1 Å². The van der Waals surface area contributed by atoms with E-state index in [1.807, 2.05) is 42.1 Å². The minimum Gasteiger partial charge on any atom is -0.496 e. The molecule has 0 amide bonds. The summed E-state index contributed by atoms with van der Waals surface area (Å²) in [5, 5.41) is 10.6. The molecule has 2 rings (SSSR count). The van der Waals surface area contributed by atoms with Crippen LogP contribution in [0.25, 0.3) is 0 Å². The molecule has 2 nitrogen and oxygen atoms in total. The first-order valence-electron chi connectivity index (χ1n) is 8.16. The molecule has 1 N–H and O–H groups in total. The molecule has 0 aliphatic rings. The van der Waals surface area contributed by atoms with E-state index in [1.165, 1.54) is 9.42 Å². The Labute approximate surface area is 150 Å². The fourth-order valence-electron chi connectivity index (χ4n) is 2.40. The van der Waals surface area contributed by atoms with Crippen LogP contribution < -0.4 is 4.74 Å². The number of methoxy groups -OCH3 is 1. The summed E-state index contributed by atoms with van der Waals surface area (Å²) in [5.41, 5.74) is 0.843. The summed E-state index contributed by atoms with van der Waals surface area (Å²) in [6.07, 6.45) is 2.25. The van der Waals surface area contributed by atoms with E-state index in [1.54, 1.807) is 7.11 Å². The number of hydrogen-bond acceptors (Lipinski definition) is 3. The number of ether oxygens (including phenoxy) is 1. The van der Waals surface area contributed by atoms with Gasteiger partial charge in [-0.3, -0.25) is 0 Å². The summed E-state index contributed by atoms with van der Waals surface area (Å²) in [6, 6.07) is 18.1. The van der Waals surface area contributed by atoms with Crippen molar-refractivity contribution in [3.63, 3.8) is 0 Å². The molecule has 1 unspecified atom stereocenters. The van der Waals surface area contributed by atoms with Gasteiger partial charge < -0.3 is 9.84 Å². The number of benzene rings is 2. The van der Waals surface area contributed by atoms with Crippen LogP contribution in [0.2, 0.25) is 19.6 Å². The van der Waals surface area contributed by atoms with E-state index in [4.69, 9.17) is 4.74 Å². The van der Waals surface area contributed by atoms with Crippen LogP contribution in [0, 0.1) is 0 Å². The van der Waals surface area contributed by atoms with Gasteiger partial charge in [0.25, 0.3) is 0 Å². The van der Waals surface area contributed by atoms with Crippen LogP contribution in [0.5, 0.6) is 5.75 Å². The van der Waals surface area contributed by atoms with Crippen molar-refractivity contribution in [2.45, 2.75) is 37.1 Å². The zero-order chi connectivity index (χ0) is 17.6. The van der Waals surface area contributed by atoms with Gasteiger partial charge >= 0.3 is 0 Å². The van der Waals surface area contributed by atoms with Crippen LogP contribution >= 0.6 is 11.8 Å². The van der Waals surface area contributed by atoms with Crippen molar-refractivity contribution < 1.29 is 9.84 Å². The highest BCUT2D eigenvalue weighted by molar-refractivity contribution is 8.05. The van der Waals surface area contributed by atoms with Crippen molar-refractivity contribution in [1.29, 1.82) is 0 Å². The third kappa shape index (κ3) is 5.26. The number of thioether (sulfide) groups is 1. The number of rotatable bonds is 7. The van der Waals surface area contributed by atoms with Crippen LogP contribution in [0.15, 0.2) is 70.1 Å². The first kappa shape index (κ1) is 18.8. The molecular weight excluding hydrogens is 332 g/mol. The first-order valence-corrected chi connectivity index (χ1v) is 12.5. The number of para-hydroxylation sites is 1. The monoisotopic (exact) mass is 358 g/mol. The fraction of sp³-hybridized carbons (Fsp3) is 0.300. The lowest BCUT2D eigenvalue weighted by molar-refractivity contribution is 0.177. The Morgan fingerprint density at radius 2 is 1.71 bits per heavy atom. The van der Waals surface area contributed by atoms with Gasteiger partial charge in [0.2, 0.25) is 0 Å². The zero-order valence-electron chi connectivity index (χ0n) is 14.8.